The number of ether oxygens (including phenoxy) is 1. The van der Waals surface area contributed by atoms with Gasteiger partial charge in [0.15, 0.2) is 3.95 Å². The lowest BCUT2D eigenvalue weighted by Gasteiger charge is -2.19. The van der Waals surface area contributed by atoms with Gasteiger partial charge in [-0.3, -0.25) is 14.7 Å². The number of amides is 2. The second-order valence-corrected chi connectivity index (χ2v) is 7.85. The topological polar surface area (TPSA) is 96.1 Å². The average molecular weight is 429 g/mol. The molecular weight excluding hydrogens is 408 g/mol. The van der Waals surface area contributed by atoms with Crippen LogP contribution in [0.15, 0.2) is 60.7 Å². The summed E-state index contributed by atoms with van der Waals surface area (Å²) in [6, 6.07) is 18.4. The first-order valence-corrected chi connectivity index (χ1v) is 10.1. The lowest BCUT2D eigenvalue weighted by molar-refractivity contribution is -0.127. The number of H-pyrrole nitrogens is 1. The van der Waals surface area contributed by atoms with E-state index in [4.69, 9.17) is 17.0 Å². The highest BCUT2D eigenvalue weighted by atomic mass is 32.1. The lowest BCUT2D eigenvalue weighted by Crippen LogP contribution is -2.34. The van der Waals surface area contributed by atoms with Crippen LogP contribution in [0.4, 0.5) is 5.13 Å². The molecule has 0 bridgehead atoms. The summed E-state index contributed by atoms with van der Waals surface area (Å²) in [6.07, 6.45) is 0.0563. The van der Waals surface area contributed by atoms with E-state index in [0.29, 0.717) is 15.7 Å². The third kappa shape index (κ3) is 6.90. The number of benzene rings is 2. The molecule has 0 fully saturated rings. The second-order valence-electron chi connectivity index (χ2n) is 6.18. The number of carbonyl (C=O) groups is 2. The van der Waals surface area contributed by atoms with Crippen molar-refractivity contribution >= 4 is 40.5 Å². The predicted octanol–water partition coefficient (Wildman–Crippen LogP) is 3.60. The lowest BCUT2D eigenvalue weighted by atomic mass is 10.0. The minimum atomic E-state index is -0.490. The third-order valence-corrected chi connectivity index (χ3v) is 4.96. The summed E-state index contributed by atoms with van der Waals surface area (Å²) in [7, 11) is 0. The van der Waals surface area contributed by atoms with Gasteiger partial charge in [-0.1, -0.05) is 72.0 Å². The SMILES string of the molecule is O=C(CC(NC(=O)COCc1ccccc1)c1ccccc1)Nc1n[nH]c(=S)s1. The van der Waals surface area contributed by atoms with Crippen LogP contribution in [-0.2, 0) is 20.9 Å². The molecule has 2 aromatic carbocycles. The van der Waals surface area contributed by atoms with E-state index in [2.05, 4.69) is 20.8 Å². The average Bonchev–Trinajstić information content (AvgIpc) is 3.13. The molecule has 9 heteroatoms. The Morgan fingerprint density at radius 3 is 2.41 bits per heavy atom. The number of aromatic amines is 1. The molecule has 3 aromatic rings. The quantitative estimate of drug-likeness (QED) is 0.453. The maximum atomic E-state index is 12.4. The van der Waals surface area contributed by atoms with Crippen LogP contribution < -0.4 is 10.6 Å². The molecule has 0 saturated carbocycles. The Morgan fingerprint density at radius 2 is 1.76 bits per heavy atom. The first-order chi connectivity index (χ1) is 14.1. The summed E-state index contributed by atoms with van der Waals surface area (Å²) in [4.78, 5) is 24.8. The molecule has 2 amide bonds. The van der Waals surface area contributed by atoms with Crippen molar-refractivity contribution in [3.8, 4) is 0 Å². The smallest absolute Gasteiger partial charge is 0.246 e. The van der Waals surface area contributed by atoms with E-state index >= 15 is 0 Å². The highest BCUT2D eigenvalue weighted by Crippen LogP contribution is 2.18. The first kappa shape index (κ1) is 20.8. The molecule has 1 heterocycles. The normalized spacial score (nSPS) is 11.6. The minimum absolute atomic E-state index is 0.0563. The van der Waals surface area contributed by atoms with Crippen LogP contribution in [0, 0.1) is 3.95 Å². The number of hydrogen-bond acceptors (Lipinski definition) is 6. The van der Waals surface area contributed by atoms with Crippen LogP contribution in [0.2, 0.25) is 0 Å². The van der Waals surface area contributed by atoms with Gasteiger partial charge in [-0.25, -0.2) is 0 Å². The van der Waals surface area contributed by atoms with E-state index in [9.17, 15) is 9.59 Å². The zero-order chi connectivity index (χ0) is 20.5. The maximum Gasteiger partial charge on any atom is 0.246 e. The fourth-order valence-corrected chi connectivity index (χ4v) is 3.45. The molecule has 3 N–H and O–H groups in total. The molecule has 0 aliphatic heterocycles. The summed E-state index contributed by atoms with van der Waals surface area (Å²) >= 11 is 6.13. The van der Waals surface area contributed by atoms with Gasteiger partial charge in [0.25, 0.3) is 0 Å². The van der Waals surface area contributed by atoms with Crippen LogP contribution in [0.1, 0.15) is 23.6 Å². The Morgan fingerprint density at radius 1 is 1.07 bits per heavy atom. The van der Waals surface area contributed by atoms with Gasteiger partial charge in [0.1, 0.15) is 6.61 Å². The Bertz CT molecular complexity index is 989. The molecule has 1 unspecified atom stereocenters. The third-order valence-electron chi connectivity index (χ3n) is 3.96. The van der Waals surface area contributed by atoms with E-state index < -0.39 is 6.04 Å². The van der Waals surface area contributed by atoms with E-state index in [0.717, 1.165) is 11.1 Å². The second kappa shape index (κ2) is 10.6. The molecule has 7 nitrogen and oxygen atoms in total. The summed E-state index contributed by atoms with van der Waals surface area (Å²) in [5.74, 6) is -0.569. The summed E-state index contributed by atoms with van der Waals surface area (Å²) in [5, 5.41) is 12.5. The number of aromatic nitrogens is 2. The Labute approximate surface area is 177 Å². The molecule has 0 aliphatic rings. The number of nitrogens with one attached hydrogen (secondary N) is 3. The van der Waals surface area contributed by atoms with Gasteiger partial charge in [0.05, 0.1) is 19.1 Å². The van der Waals surface area contributed by atoms with Gasteiger partial charge in [-0.05, 0) is 23.3 Å². The number of anilines is 1. The molecule has 0 spiro atoms. The number of hydrogen-bond donors (Lipinski definition) is 3. The molecular formula is C20H20N4O3S2. The molecule has 29 heavy (non-hydrogen) atoms. The van der Waals surface area contributed by atoms with Crippen molar-refractivity contribution in [1.82, 2.24) is 15.5 Å². The molecule has 0 radical (unpaired) electrons. The van der Waals surface area contributed by atoms with Crippen LogP contribution >= 0.6 is 23.6 Å². The van der Waals surface area contributed by atoms with E-state index in [1.54, 1.807) is 0 Å². The Hall–Kier alpha value is -2.88. The monoisotopic (exact) mass is 428 g/mol. The zero-order valence-corrected chi connectivity index (χ0v) is 17.1. The van der Waals surface area contributed by atoms with Gasteiger partial charge >= 0.3 is 0 Å². The molecule has 3 rings (SSSR count). The summed E-state index contributed by atoms with van der Waals surface area (Å²) < 4.78 is 5.96. The van der Waals surface area contributed by atoms with E-state index in [-0.39, 0.29) is 24.8 Å². The molecule has 1 atom stereocenters. The molecule has 1 aromatic heterocycles. The van der Waals surface area contributed by atoms with Gasteiger partial charge in [-0.2, -0.15) is 0 Å². The van der Waals surface area contributed by atoms with Crippen LogP contribution in [0.25, 0.3) is 0 Å². The van der Waals surface area contributed by atoms with Gasteiger partial charge < -0.3 is 15.4 Å². The van der Waals surface area contributed by atoms with Crippen molar-refractivity contribution in [2.24, 2.45) is 0 Å². The number of nitrogens with zero attached hydrogens (tertiary/aromatic N) is 1. The van der Waals surface area contributed by atoms with Crippen molar-refractivity contribution < 1.29 is 14.3 Å². The predicted molar refractivity (Wildman–Crippen MR) is 114 cm³/mol. The highest BCUT2D eigenvalue weighted by molar-refractivity contribution is 7.73. The fraction of sp³-hybridized carbons (Fsp3) is 0.200. The Kier molecular flexibility index (Phi) is 7.62. The van der Waals surface area contributed by atoms with Crippen molar-refractivity contribution in [2.75, 3.05) is 11.9 Å². The van der Waals surface area contributed by atoms with E-state index in [1.807, 2.05) is 60.7 Å². The first-order valence-electron chi connectivity index (χ1n) is 8.91. The summed E-state index contributed by atoms with van der Waals surface area (Å²) in [5.41, 5.74) is 1.81. The zero-order valence-electron chi connectivity index (χ0n) is 15.5. The Balaban J connectivity index is 1.57. The van der Waals surface area contributed by atoms with Gasteiger partial charge in [0.2, 0.25) is 16.9 Å². The van der Waals surface area contributed by atoms with Crippen LogP contribution in [-0.4, -0.2) is 28.6 Å². The van der Waals surface area contributed by atoms with Crippen molar-refractivity contribution in [1.29, 1.82) is 0 Å². The number of rotatable bonds is 9. The van der Waals surface area contributed by atoms with Crippen LogP contribution in [0.3, 0.4) is 0 Å². The highest BCUT2D eigenvalue weighted by Gasteiger charge is 2.19. The van der Waals surface area contributed by atoms with Crippen molar-refractivity contribution in [3.63, 3.8) is 0 Å². The summed E-state index contributed by atoms with van der Waals surface area (Å²) in [6.45, 7) is 0.245. The molecule has 150 valence electrons. The van der Waals surface area contributed by atoms with Crippen molar-refractivity contribution in [2.45, 2.75) is 19.1 Å². The largest absolute Gasteiger partial charge is 0.367 e. The van der Waals surface area contributed by atoms with Gasteiger partial charge in [-0.15, -0.1) is 5.10 Å². The maximum absolute atomic E-state index is 12.4. The standard InChI is InChI=1S/C20H20N4O3S2/c25-17(22-19-23-24-20(28)29-19)11-16(15-9-5-2-6-10-15)21-18(26)13-27-12-14-7-3-1-4-8-14/h1-10,16H,11-13H2,(H,21,26)(H,24,28)(H,22,23,25). The minimum Gasteiger partial charge on any atom is -0.367 e. The number of carbonyl (C=O) groups excluding carboxylic acids is 2. The van der Waals surface area contributed by atoms with Gasteiger partial charge in [0, 0.05) is 0 Å². The fourth-order valence-electron chi connectivity index (χ4n) is 2.65. The van der Waals surface area contributed by atoms with Crippen molar-refractivity contribution in [3.05, 3.63) is 75.7 Å². The van der Waals surface area contributed by atoms with Crippen LogP contribution in [0.5, 0.6) is 0 Å². The van der Waals surface area contributed by atoms with E-state index in [1.165, 1.54) is 11.3 Å². The molecule has 0 aliphatic carbocycles. The molecule has 0 saturated heterocycles.